The molecule has 0 aliphatic carbocycles. The third-order valence-electron chi connectivity index (χ3n) is 2.82. The number of hydrogen-bond donors (Lipinski definition) is 1. The van der Waals surface area contributed by atoms with Crippen LogP contribution in [0.3, 0.4) is 0 Å². The van der Waals surface area contributed by atoms with Crippen LogP contribution in [-0.2, 0) is 0 Å². The standard InChI is InChI=1S/C17H16N2/c1-14-7-9-17(10-8-14)19-13-16(12-18)11-15-5-3-2-4-6-15/h2-11,19H,13H2,1H3/b16-11+. The Morgan fingerprint density at radius 3 is 2.42 bits per heavy atom. The minimum atomic E-state index is 0.536. The van der Waals surface area contributed by atoms with Crippen LogP contribution in [0.4, 0.5) is 5.69 Å². The molecule has 0 bridgehead atoms. The van der Waals surface area contributed by atoms with E-state index >= 15 is 0 Å². The van der Waals surface area contributed by atoms with E-state index in [1.165, 1.54) is 5.56 Å². The maximum atomic E-state index is 9.15. The Bertz CT molecular complexity index is 589. The third-order valence-corrected chi connectivity index (χ3v) is 2.82. The van der Waals surface area contributed by atoms with E-state index < -0.39 is 0 Å². The normalized spacial score (nSPS) is 10.8. The van der Waals surface area contributed by atoms with Gasteiger partial charge >= 0.3 is 0 Å². The first-order valence-corrected chi connectivity index (χ1v) is 6.24. The van der Waals surface area contributed by atoms with Gasteiger partial charge in [-0.1, -0.05) is 48.0 Å². The van der Waals surface area contributed by atoms with Gasteiger partial charge in [-0.15, -0.1) is 0 Å². The molecule has 2 nitrogen and oxygen atoms in total. The van der Waals surface area contributed by atoms with Crippen molar-refractivity contribution < 1.29 is 0 Å². The largest absolute Gasteiger partial charge is 0.380 e. The van der Waals surface area contributed by atoms with Crippen LogP contribution >= 0.6 is 0 Å². The highest BCUT2D eigenvalue weighted by atomic mass is 14.9. The average molecular weight is 248 g/mol. The van der Waals surface area contributed by atoms with E-state index in [9.17, 15) is 0 Å². The van der Waals surface area contributed by atoms with Crippen LogP contribution in [0, 0.1) is 18.3 Å². The maximum absolute atomic E-state index is 9.15. The van der Waals surface area contributed by atoms with Gasteiger partial charge in [0.2, 0.25) is 0 Å². The second-order valence-corrected chi connectivity index (χ2v) is 4.41. The average Bonchev–Trinajstić information content (AvgIpc) is 2.46. The second-order valence-electron chi connectivity index (χ2n) is 4.41. The molecule has 2 heteroatoms. The van der Waals surface area contributed by atoms with Gasteiger partial charge in [-0.2, -0.15) is 5.26 Å². The molecule has 0 aliphatic heterocycles. The van der Waals surface area contributed by atoms with Gasteiger partial charge in [0.05, 0.1) is 12.6 Å². The number of benzene rings is 2. The highest BCUT2D eigenvalue weighted by Crippen LogP contribution is 2.11. The molecule has 2 aromatic rings. The number of aryl methyl sites for hydroxylation is 1. The first-order valence-electron chi connectivity index (χ1n) is 6.24. The Morgan fingerprint density at radius 2 is 1.79 bits per heavy atom. The van der Waals surface area contributed by atoms with Crippen molar-refractivity contribution in [1.29, 1.82) is 5.26 Å². The van der Waals surface area contributed by atoms with Crippen LogP contribution in [0.15, 0.2) is 60.2 Å². The molecule has 0 spiro atoms. The molecule has 0 radical (unpaired) electrons. The van der Waals surface area contributed by atoms with Crippen LogP contribution in [0.5, 0.6) is 0 Å². The van der Waals surface area contributed by atoms with Crippen LogP contribution in [0.25, 0.3) is 6.08 Å². The number of nitrogens with zero attached hydrogens (tertiary/aromatic N) is 1. The monoisotopic (exact) mass is 248 g/mol. The maximum Gasteiger partial charge on any atom is 0.0966 e. The van der Waals surface area contributed by atoms with Gasteiger partial charge in [-0.3, -0.25) is 0 Å². The summed E-state index contributed by atoms with van der Waals surface area (Å²) in [5.41, 5.74) is 4.02. The summed E-state index contributed by atoms with van der Waals surface area (Å²) in [7, 11) is 0. The number of nitriles is 1. The molecule has 0 heterocycles. The van der Waals surface area contributed by atoms with Crippen molar-refractivity contribution in [3.05, 3.63) is 71.3 Å². The number of hydrogen-bond acceptors (Lipinski definition) is 2. The van der Waals surface area contributed by atoms with Crippen molar-refractivity contribution in [3.8, 4) is 6.07 Å². The zero-order valence-corrected chi connectivity index (χ0v) is 10.9. The van der Waals surface area contributed by atoms with E-state index in [1.807, 2.05) is 48.5 Å². The van der Waals surface area contributed by atoms with E-state index in [1.54, 1.807) is 0 Å². The molecule has 0 atom stereocenters. The molecule has 0 unspecified atom stereocenters. The van der Waals surface area contributed by atoms with Gasteiger partial charge in [0, 0.05) is 11.3 Å². The molecule has 0 amide bonds. The molecule has 0 saturated heterocycles. The molecule has 0 saturated carbocycles. The number of nitrogens with one attached hydrogen (secondary N) is 1. The van der Waals surface area contributed by atoms with Crippen LogP contribution in [0.1, 0.15) is 11.1 Å². The molecule has 1 N–H and O–H groups in total. The van der Waals surface area contributed by atoms with Crippen molar-refractivity contribution in [2.75, 3.05) is 11.9 Å². The Labute approximate surface area is 114 Å². The topological polar surface area (TPSA) is 35.8 Å². The molecule has 0 fully saturated rings. The molecule has 0 aliphatic rings. The van der Waals surface area contributed by atoms with Crippen molar-refractivity contribution in [3.63, 3.8) is 0 Å². The van der Waals surface area contributed by atoms with E-state index in [0.717, 1.165) is 11.3 Å². The predicted octanol–water partition coefficient (Wildman–Crippen LogP) is 4.01. The van der Waals surface area contributed by atoms with E-state index in [4.69, 9.17) is 5.26 Å². The fourth-order valence-corrected chi connectivity index (χ4v) is 1.74. The van der Waals surface area contributed by atoms with Crippen LogP contribution < -0.4 is 5.32 Å². The second kappa shape index (κ2) is 6.42. The van der Waals surface area contributed by atoms with Crippen molar-refractivity contribution in [1.82, 2.24) is 0 Å². The number of anilines is 1. The lowest BCUT2D eigenvalue weighted by Gasteiger charge is -2.05. The fraction of sp³-hybridized carbons (Fsp3) is 0.118. The molecule has 0 aromatic heterocycles. The zero-order chi connectivity index (χ0) is 13.5. The Morgan fingerprint density at radius 1 is 1.11 bits per heavy atom. The fourth-order valence-electron chi connectivity index (χ4n) is 1.74. The smallest absolute Gasteiger partial charge is 0.0966 e. The van der Waals surface area contributed by atoms with Crippen LogP contribution in [-0.4, -0.2) is 6.54 Å². The summed E-state index contributed by atoms with van der Waals surface area (Å²) in [6.07, 6.45) is 1.90. The zero-order valence-electron chi connectivity index (χ0n) is 10.9. The molecule has 2 aromatic carbocycles. The SMILES string of the molecule is Cc1ccc(NC/C(C#N)=C/c2ccccc2)cc1. The summed E-state index contributed by atoms with van der Waals surface area (Å²) in [6.45, 7) is 2.59. The first-order chi connectivity index (χ1) is 9.28. The molecular weight excluding hydrogens is 232 g/mol. The highest BCUT2D eigenvalue weighted by Gasteiger charge is 1.97. The number of rotatable bonds is 4. The predicted molar refractivity (Wildman–Crippen MR) is 79.7 cm³/mol. The lowest BCUT2D eigenvalue weighted by Crippen LogP contribution is -2.03. The summed E-state index contributed by atoms with van der Waals surface area (Å²) < 4.78 is 0. The molecular formula is C17H16N2. The van der Waals surface area contributed by atoms with Crippen molar-refractivity contribution in [2.24, 2.45) is 0 Å². The lowest BCUT2D eigenvalue weighted by atomic mass is 10.1. The summed E-state index contributed by atoms with van der Waals surface area (Å²) in [5.74, 6) is 0. The summed E-state index contributed by atoms with van der Waals surface area (Å²) in [6, 6.07) is 20.3. The summed E-state index contributed by atoms with van der Waals surface area (Å²) in [5, 5.41) is 12.4. The quantitative estimate of drug-likeness (QED) is 0.830. The van der Waals surface area contributed by atoms with Gasteiger partial charge in [0.25, 0.3) is 0 Å². The van der Waals surface area contributed by atoms with Crippen molar-refractivity contribution >= 4 is 11.8 Å². The van der Waals surface area contributed by atoms with Gasteiger partial charge < -0.3 is 5.32 Å². The minimum Gasteiger partial charge on any atom is -0.380 e. The van der Waals surface area contributed by atoms with E-state index in [2.05, 4.69) is 30.4 Å². The third kappa shape index (κ3) is 4.01. The van der Waals surface area contributed by atoms with Gasteiger partial charge in [0.15, 0.2) is 0 Å². The first kappa shape index (κ1) is 12.9. The Balaban J connectivity index is 2.02. The Hall–Kier alpha value is -2.53. The summed E-state index contributed by atoms with van der Waals surface area (Å²) >= 11 is 0. The van der Waals surface area contributed by atoms with Gasteiger partial charge in [-0.25, -0.2) is 0 Å². The lowest BCUT2D eigenvalue weighted by molar-refractivity contribution is 1.27. The molecule has 94 valence electrons. The van der Waals surface area contributed by atoms with Crippen molar-refractivity contribution in [2.45, 2.75) is 6.92 Å². The Kier molecular flexibility index (Phi) is 4.36. The minimum absolute atomic E-state index is 0.536. The highest BCUT2D eigenvalue weighted by molar-refractivity contribution is 5.59. The molecule has 2 rings (SSSR count). The molecule has 19 heavy (non-hydrogen) atoms. The summed E-state index contributed by atoms with van der Waals surface area (Å²) in [4.78, 5) is 0. The van der Waals surface area contributed by atoms with E-state index in [0.29, 0.717) is 12.1 Å². The van der Waals surface area contributed by atoms with Gasteiger partial charge in [-0.05, 0) is 30.7 Å². The van der Waals surface area contributed by atoms with Crippen LogP contribution in [0.2, 0.25) is 0 Å². The van der Waals surface area contributed by atoms with Gasteiger partial charge in [0.1, 0.15) is 0 Å². The van der Waals surface area contributed by atoms with E-state index in [-0.39, 0.29) is 0 Å².